The minimum atomic E-state index is -0.000961. The lowest BCUT2D eigenvalue weighted by Gasteiger charge is -2.32. The smallest absolute Gasteiger partial charge is 0.322 e. The van der Waals surface area contributed by atoms with Gasteiger partial charge in [-0.3, -0.25) is 0 Å². The van der Waals surface area contributed by atoms with Crippen molar-refractivity contribution in [3.05, 3.63) is 59.7 Å². The number of amides is 2. The van der Waals surface area contributed by atoms with E-state index in [1.54, 1.807) is 0 Å². The van der Waals surface area contributed by atoms with Crippen molar-refractivity contribution in [1.82, 2.24) is 4.90 Å². The number of para-hydroxylation sites is 2. The molecule has 0 unspecified atom stereocenters. The standard InChI is InChI=1S/C21H25N3O/c25-21(24-15-12-17-8-2-3-9-18(17)16-24)22-19-10-4-5-11-20(19)23-13-6-1-7-14-23/h2-5,8-11H,1,6-7,12-16H2,(H,22,25). The number of carbonyl (C=O) groups excluding carboxylic acids is 1. The van der Waals surface area contributed by atoms with E-state index in [9.17, 15) is 4.79 Å². The molecule has 2 aromatic carbocycles. The maximum atomic E-state index is 12.8. The van der Waals surface area contributed by atoms with Gasteiger partial charge in [-0.1, -0.05) is 36.4 Å². The van der Waals surface area contributed by atoms with Gasteiger partial charge in [0.15, 0.2) is 0 Å². The van der Waals surface area contributed by atoms with Crippen molar-refractivity contribution in [3.63, 3.8) is 0 Å². The van der Waals surface area contributed by atoms with Gasteiger partial charge in [0.2, 0.25) is 0 Å². The van der Waals surface area contributed by atoms with Crippen molar-refractivity contribution in [3.8, 4) is 0 Å². The van der Waals surface area contributed by atoms with Crippen LogP contribution in [0.4, 0.5) is 16.2 Å². The topological polar surface area (TPSA) is 35.6 Å². The summed E-state index contributed by atoms with van der Waals surface area (Å²) in [5.74, 6) is 0. The fraction of sp³-hybridized carbons (Fsp3) is 0.381. The highest BCUT2D eigenvalue weighted by atomic mass is 16.2. The fourth-order valence-corrected chi connectivity index (χ4v) is 3.85. The molecule has 2 amide bonds. The Bertz CT molecular complexity index is 752. The molecule has 2 heterocycles. The summed E-state index contributed by atoms with van der Waals surface area (Å²) >= 11 is 0. The molecule has 2 aliphatic heterocycles. The number of nitrogens with one attached hydrogen (secondary N) is 1. The number of benzene rings is 2. The van der Waals surface area contributed by atoms with Gasteiger partial charge in [0.05, 0.1) is 11.4 Å². The van der Waals surface area contributed by atoms with Crippen LogP contribution in [0.1, 0.15) is 30.4 Å². The number of anilines is 2. The first-order valence-electron chi connectivity index (χ1n) is 9.28. The largest absolute Gasteiger partial charge is 0.370 e. The third kappa shape index (κ3) is 3.48. The molecule has 25 heavy (non-hydrogen) atoms. The third-order valence-electron chi connectivity index (χ3n) is 5.26. The van der Waals surface area contributed by atoms with Crippen molar-refractivity contribution in [1.29, 1.82) is 0 Å². The normalized spacial score (nSPS) is 17.1. The number of piperidine rings is 1. The average molecular weight is 335 g/mol. The Morgan fingerprint density at radius 3 is 2.40 bits per heavy atom. The van der Waals surface area contributed by atoms with E-state index in [1.165, 1.54) is 30.4 Å². The molecule has 4 heteroatoms. The van der Waals surface area contributed by atoms with E-state index in [0.717, 1.165) is 37.4 Å². The summed E-state index contributed by atoms with van der Waals surface area (Å²) in [6.45, 7) is 3.61. The molecule has 0 spiro atoms. The van der Waals surface area contributed by atoms with Crippen molar-refractivity contribution >= 4 is 17.4 Å². The van der Waals surface area contributed by atoms with E-state index >= 15 is 0 Å². The minimum Gasteiger partial charge on any atom is -0.370 e. The molecule has 0 aliphatic carbocycles. The second kappa shape index (κ2) is 7.18. The first-order valence-corrected chi connectivity index (χ1v) is 9.28. The number of fused-ring (bicyclic) bond motifs is 1. The number of urea groups is 1. The summed E-state index contributed by atoms with van der Waals surface area (Å²) in [5.41, 5.74) is 4.69. The molecule has 1 fully saturated rings. The van der Waals surface area contributed by atoms with E-state index in [4.69, 9.17) is 0 Å². The monoisotopic (exact) mass is 335 g/mol. The van der Waals surface area contributed by atoms with E-state index in [-0.39, 0.29) is 6.03 Å². The maximum absolute atomic E-state index is 12.8. The highest BCUT2D eigenvalue weighted by Crippen LogP contribution is 2.29. The second-order valence-corrected chi connectivity index (χ2v) is 6.94. The number of hydrogen-bond acceptors (Lipinski definition) is 2. The predicted octanol–water partition coefficient (Wildman–Crippen LogP) is 4.27. The molecule has 1 N–H and O–H groups in total. The average Bonchev–Trinajstić information content (AvgIpc) is 2.68. The summed E-state index contributed by atoms with van der Waals surface area (Å²) in [7, 11) is 0. The van der Waals surface area contributed by atoms with Gasteiger partial charge in [-0.15, -0.1) is 0 Å². The van der Waals surface area contributed by atoms with E-state index in [0.29, 0.717) is 6.54 Å². The fourth-order valence-electron chi connectivity index (χ4n) is 3.85. The zero-order chi connectivity index (χ0) is 17.1. The van der Waals surface area contributed by atoms with Gasteiger partial charge in [-0.25, -0.2) is 4.79 Å². The van der Waals surface area contributed by atoms with Crippen LogP contribution in [0.15, 0.2) is 48.5 Å². The number of rotatable bonds is 2. The molecule has 2 aromatic rings. The molecule has 130 valence electrons. The Hall–Kier alpha value is -2.49. The molecule has 0 atom stereocenters. The number of nitrogens with zero attached hydrogens (tertiary/aromatic N) is 2. The summed E-state index contributed by atoms with van der Waals surface area (Å²) in [4.78, 5) is 17.1. The first kappa shape index (κ1) is 16.0. The Kier molecular flexibility index (Phi) is 4.59. The molecule has 0 bridgehead atoms. The van der Waals surface area contributed by atoms with Crippen LogP contribution in [-0.2, 0) is 13.0 Å². The molecule has 0 radical (unpaired) electrons. The Balaban J connectivity index is 1.48. The second-order valence-electron chi connectivity index (χ2n) is 6.94. The number of hydrogen-bond donors (Lipinski definition) is 1. The van der Waals surface area contributed by atoms with Gasteiger partial charge < -0.3 is 15.1 Å². The van der Waals surface area contributed by atoms with Gasteiger partial charge in [-0.05, 0) is 48.9 Å². The SMILES string of the molecule is O=C(Nc1ccccc1N1CCCCC1)N1CCc2ccccc2C1. The van der Waals surface area contributed by atoms with Gasteiger partial charge in [0.1, 0.15) is 0 Å². The van der Waals surface area contributed by atoms with Crippen LogP contribution < -0.4 is 10.2 Å². The highest BCUT2D eigenvalue weighted by molar-refractivity contribution is 5.93. The van der Waals surface area contributed by atoms with Crippen LogP contribution in [0.3, 0.4) is 0 Å². The van der Waals surface area contributed by atoms with Crippen LogP contribution in [-0.4, -0.2) is 30.6 Å². The lowest BCUT2D eigenvalue weighted by atomic mass is 10.0. The molecule has 4 nitrogen and oxygen atoms in total. The van der Waals surface area contributed by atoms with Gasteiger partial charge in [0.25, 0.3) is 0 Å². The minimum absolute atomic E-state index is 0.000961. The van der Waals surface area contributed by atoms with E-state index in [2.05, 4.69) is 40.5 Å². The quantitative estimate of drug-likeness (QED) is 0.890. The first-order chi connectivity index (χ1) is 12.3. The highest BCUT2D eigenvalue weighted by Gasteiger charge is 2.22. The van der Waals surface area contributed by atoms with Crippen LogP contribution in [0.5, 0.6) is 0 Å². The van der Waals surface area contributed by atoms with Crippen molar-refractivity contribution < 1.29 is 4.79 Å². The summed E-state index contributed by atoms with van der Waals surface area (Å²) in [5, 5.41) is 3.15. The lowest BCUT2D eigenvalue weighted by Crippen LogP contribution is -2.39. The molecule has 4 rings (SSSR count). The molecule has 0 aromatic heterocycles. The molecular weight excluding hydrogens is 310 g/mol. The van der Waals surface area contributed by atoms with E-state index < -0.39 is 0 Å². The van der Waals surface area contributed by atoms with Crippen molar-refractivity contribution in [2.24, 2.45) is 0 Å². The Morgan fingerprint density at radius 2 is 1.56 bits per heavy atom. The van der Waals surface area contributed by atoms with Crippen LogP contribution in [0, 0.1) is 0 Å². The molecule has 0 saturated carbocycles. The van der Waals surface area contributed by atoms with Crippen LogP contribution in [0.25, 0.3) is 0 Å². The third-order valence-corrected chi connectivity index (χ3v) is 5.26. The van der Waals surface area contributed by atoms with E-state index in [1.807, 2.05) is 23.1 Å². The summed E-state index contributed by atoms with van der Waals surface area (Å²) < 4.78 is 0. The maximum Gasteiger partial charge on any atom is 0.322 e. The predicted molar refractivity (Wildman–Crippen MR) is 102 cm³/mol. The zero-order valence-corrected chi connectivity index (χ0v) is 14.6. The number of carbonyl (C=O) groups is 1. The molecule has 1 saturated heterocycles. The Morgan fingerprint density at radius 1 is 0.840 bits per heavy atom. The van der Waals surface area contributed by atoms with Gasteiger partial charge in [0, 0.05) is 26.2 Å². The van der Waals surface area contributed by atoms with Crippen LogP contribution >= 0.6 is 0 Å². The molecular formula is C21H25N3O. The summed E-state index contributed by atoms with van der Waals surface area (Å²) in [6.07, 6.45) is 4.69. The van der Waals surface area contributed by atoms with Gasteiger partial charge >= 0.3 is 6.03 Å². The van der Waals surface area contributed by atoms with Gasteiger partial charge in [-0.2, -0.15) is 0 Å². The van der Waals surface area contributed by atoms with Crippen molar-refractivity contribution in [2.45, 2.75) is 32.2 Å². The molecule has 2 aliphatic rings. The van der Waals surface area contributed by atoms with Crippen molar-refractivity contribution in [2.75, 3.05) is 29.9 Å². The zero-order valence-electron chi connectivity index (χ0n) is 14.6. The Labute approximate surface area is 149 Å². The summed E-state index contributed by atoms with van der Waals surface area (Å²) in [6, 6.07) is 16.6. The lowest BCUT2D eigenvalue weighted by molar-refractivity contribution is 0.206. The van der Waals surface area contributed by atoms with Crippen LogP contribution in [0.2, 0.25) is 0 Å².